The van der Waals surface area contributed by atoms with E-state index >= 15 is 0 Å². The van der Waals surface area contributed by atoms with E-state index in [1.54, 1.807) is 0 Å². The molecule has 0 atom stereocenters. The van der Waals surface area contributed by atoms with E-state index < -0.39 is 34.4 Å². The molecule has 0 saturated carbocycles. The summed E-state index contributed by atoms with van der Waals surface area (Å²) in [5, 5.41) is 27.8. The summed E-state index contributed by atoms with van der Waals surface area (Å²) in [7, 11) is 1.16. The quantitative estimate of drug-likeness (QED) is 0.324. The van der Waals surface area contributed by atoms with E-state index in [0.717, 1.165) is 19.2 Å². The fraction of sp³-hybridized carbons (Fsp3) is 0.333. The lowest BCUT2D eigenvalue weighted by Crippen LogP contribution is -2.34. The first-order chi connectivity index (χ1) is 8.21. The Hall–Kier alpha value is -2.24. The number of rotatable bonds is 3. The van der Waals surface area contributed by atoms with Gasteiger partial charge in [-0.25, -0.2) is 0 Å². The molecule has 0 radical (unpaired) electrons. The van der Waals surface area contributed by atoms with Crippen molar-refractivity contribution in [1.82, 2.24) is 0 Å². The number of Topliss-reactive ketones (excluding diaryl/α,β-unsaturated/α-hetero) is 1. The van der Waals surface area contributed by atoms with Crippen molar-refractivity contribution in [2.45, 2.75) is 13.8 Å². The molecule has 1 aromatic carbocycles. The minimum atomic E-state index is -1.45. The summed E-state index contributed by atoms with van der Waals surface area (Å²) < 4.78 is 4.51. The van der Waals surface area contributed by atoms with Gasteiger partial charge in [0.25, 0.3) is 0 Å². The predicted molar refractivity (Wildman–Crippen MR) is 61.6 cm³/mol. The van der Waals surface area contributed by atoms with Gasteiger partial charge in [0.1, 0.15) is 5.41 Å². The van der Waals surface area contributed by atoms with Crippen molar-refractivity contribution in [3.8, 4) is 17.2 Å². The number of esters is 1. The summed E-state index contributed by atoms with van der Waals surface area (Å²) in [6.45, 7) is 2.73. The number of ether oxygens (including phenoxy) is 1. The molecule has 6 nitrogen and oxygen atoms in total. The first-order valence-electron chi connectivity index (χ1n) is 5.10. The molecule has 0 aliphatic heterocycles. The molecule has 0 aliphatic carbocycles. The highest BCUT2D eigenvalue weighted by atomic mass is 16.5. The van der Waals surface area contributed by atoms with Crippen LogP contribution >= 0.6 is 0 Å². The molecule has 0 bridgehead atoms. The Morgan fingerprint density at radius 3 is 1.94 bits per heavy atom. The van der Waals surface area contributed by atoms with Crippen LogP contribution in [0, 0.1) is 5.41 Å². The maximum Gasteiger partial charge on any atom is 0.319 e. The molecule has 1 rings (SSSR count). The van der Waals surface area contributed by atoms with Crippen LogP contribution in [0.3, 0.4) is 0 Å². The maximum atomic E-state index is 12.1. The predicted octanol–water partition coefficient (Wildman–Crippen LogP) is 1.19. The largest absolute Gasteiger partial charge is 0.504 e. The van der Waals surface area contributed by atoms with Gasteiger partial charge in [-0.15, -0.1) is 0 Å². The van der Waals surface area contributed by atoms with Crippen molar-refractivity contribution in [3.63, 3.8) is 0 Å². The summed E-state index contributed by atoms with van der Waals surface area (Å²) in [5.74, 6) is -3.38. The van der Waals surface area contributed by atoms with E-state index in [4.69, 9.17) is 5.11 Å². The van der Waals surface area contributed by atoms with Crippen LogP contribution in [0.5, 0.6) is 17.2 Å². The monoisotopic (exact) mass is 254 g/mol. The van der Waals surface area contributed by atoms with Crippen molar-refractivity contribution in [1.29, 1.82) is 0 Å². The Kier molecular flexibility index (Phi) is 3.50. The standard InChI is InChI=1S/C12H14O6/c1-12(2,11(17)18-3)10(16)6-4-7(13)9(15)8(14)5-6/h4-5,13-15H,1-3H3. The molecule has 3 N–H and O–H groups in total. The number of phenols is 3. The first kappa shape index (κ1) is 13.8. The summed E-state index contributed by atoms with van der Waals surface area (Å²) in [6.07, 6.45) is 0. The fourth-order valence-electron chi connectivity index (χ4n) is 1.44. The second-order valence-electron chi connectivity index (χ2n) is 4.31. The molecular formula is C12H14O6. The summed E-state index contributed by atoms with van der Waals surface area (Å²) >= 11 is 0. The van der Waals surface area contributed by atoms with Crippen molar-refractivity contribution >= 4 is 11.8 Å². The van der Waals surface area contributed by atoms with Gasteiger partial charge >= 0.3 is 5.97 Å². The maximum absolute atomic E-state index is 12.1. The van der Waals surface area contributed by atoms with Crippen LogP contribution in [-0.2, 0) is 9.53 Å². The Morgan fingerprint density at radius 2 is 1.56 bits per heavy atom. The zero-order valence-electron chi connectivity index (χ0n) is 10.2. The highest BCUT2D eigenvalue weighted by Crippen LogP contribution is 2.37. The summed E-state index contributed by atoms with van der Waals surface area (Å²) in [6, 6.07) is 1.95. The number of benzene rings is 1. The van der Waals surface area contributed by atoms with Crippen molar-refractivity contribution in [2.75, 3.05) is 7.11 Å². The van der Waals surface area contributed by atoms with E-state index in [1.165, 1.54) is 13.8 Å². The molecule has 98 valence electrons. The van der Waals surface area contributed by atoms with E-state index in [2.05, 4.69) is 4.74 Å². The van der Waals surface area contributed by atoms with Crippen LogP contribution in [-0.4, -0.2) is 34.2 Å². The van der Waals surface area contributed by atoms with Crippen molar-refractivity contribution < 1.29 is 29.6 Å². The Morgan fingerprint density at radius 1 is 1.11 bits per heavy atom. The Labute approximate surface area is 103 Å². The fourth-order valence-corrected chi connectivity index (χ4v) is 1.44. The van der Waals surface area contributed by atoms with Gasteiger partial charge in [-0.3, -0.25) is 9.59 Å². The minimum absolute atomic E-state index is 0.0989. The minimum Gasteiger partial charge on any atom is -0.504 e. The normalized spacial score (nSPS) is 11.1. The molecule has 0 saturated heterocycles. The number of hydrogen-bond acceptors (Lipinski definition) is 6. The summed E-state index contributed by atoms with van der Waals surface area (Å²) in [5.41, 5.74) is -1.55. The van der Waals surface area contributed by atoms with Gasteiger partial charge < -0.3 is 20.1 Å². The van der Waals surface area contributed by atoms with Gasteiger partial charge in [0.05, 0.1) is 7.11 Å². The summed E-state index contributed by atoms with van der Waals surface area (Å²) in [4.78, 5) is 23.5. The van der Waals surface area contributed by atoms with E-state index in [-0.39, 0.29) is 5.56 Å². The average molecular weight is 254 g/mol. The lowest BCUT2D eigenvalue weighted by molar-refractivity contribution is -0.147. The molecular weight excluding hydrogens is 240 g/mol. The van der Waals surface area contributed by atoms with Crippen LogP contribution in [0.1, 0.15) is 24.2 Å². The zero-order chi connectivity index (χ0) is 14.1. The van der Waals surface area contributed by atoms with Crippen LogP contribution in [0.4, 0.5) is 0 Å². The third-order valence-electron chi connectivity index (χ3n) is 2.60. The van der Waals surface area contributed by atoms with Gasteiger partial charge in [-0.2, -0.15) is 0 Å². The third kappa shape index (κ3) is 2.22. The average Bonchev–Trinajstić information content (AvgIpc) is 2.33. The van der Waals surface area contributed by atoms with Gasteiger partial charge in [-0.1, -0.05) is 0 Å². The second-order valence-corrected chi connectivity index (χ2v) is 4.31. The molecule has 0 heterocycles. The smallest absolute Gasteiger partial charge is 0.319 e. The van der Waals surface area contributed by atoms with Crippen LogP contribution < -0.4 is 0 Å². The first-order valence-corrected chi connectivity index (χ1v) is 5.10. The lowest BCUT2D eigenvalue weighted by Gasteiger charge is -2.20. The zero-order valence-corrected chi connectivity index (χ0v) is 10.2. The molecule has 6 heteroatoms. The van der Waals surface area contributed by atoms with Crippen molar-refractivity contribution in [3.05, 3.63) is 17.7 Å². The highest BCUT2D eigenvalue weighted by Gasteiger charge is 2.38. The molecule has 0 aliphatic rings. The van der Waals surface area contributed by atoms with Gasteiger partial charge in [0.2, 0.25) is 0 Å². The Bertz CT molecular complexity index is 480. The number of hydrogen-bond donors (Lipinski definition) is 3. The Balaban J connectivity index is 3.24. The van der Waals surface area contributed by atoms with E-state index in [1.807, 2.05) is 0 Å². The second kappa shape index (κ2) is 4.56. The van der Waals surface area contributed by atoms with Gasteiger partial charge in [0, 0.05) is 5.56 Å². The highest BCUT2D eigenvalue weighted by molar-refractivity contribution is 6.12. The molecule has 0 aromatic heterocycles. The SMILES string of the molecule is COC(=O)C(C)(C)C(=O)c1cc(O)c(O)c(O)c1. The third-order valence-corrected chi connectivity index (χ3v) is 2.60. The van der Waals surface area contributed by atoms with E-state index in [9.17, 15) is 19.8 Å². The molecule has 0 amide bonds. The number of aromatic hydroxyl groups is 3. The number of carbonyl (C=O) groups is 2. The van der Waals surface area contributed by atoms with Crippen LogP contribution in [0.15, 0.2) is 12.1 Å². The van der Waals surface area contributed by atoms with Crippen LogP contribution in [0.2, 0.25) is 0 Å². The molecule has 1 aromatic rings. The van der Waals surface area contributed by atoms with Gasteiger partial charge in [-0.05, 0) is 26.0 Å². The molecule has 0 unspecified atom stereocenters. The van der Waals surface area contributed by atoms with Crippen LogP contribution in [0.25, 0.3) is 0 Å². The van der Waals surface area contributed by atoms with E-state index in [0.29, 0.717) is 0 Å². The van der Waals surface area contributed by atoms with Crippen molar-refractivity contribution in [2.24, 2.45) is 5.41 Å². The number of carbonyl (C=O) groups excluding carboxylic acids is 2. The lowest BCUT2D eigenvalue weighted by atomic mass is 9.84. The number of methoxy groups -OCH3 is 1. The number of ketones is 1. The number of phenolic OH excluding ortho intramolecular Hbond substituents is 3. The molecule has 0 spiro atoms. The molecule has 0 fully saturated rings. The topological polar surface area (TPSA) is 104 Å². The van der Waals surface area contributed by atoms with Gasteiger partial charge in [0.15, 0.2) is 23.0 Å². The molecule has 18 heavy (non-hydrogen) atoms.